The maximum absolute atomic E-state index is 6.52. The fraction of sp³-hybridized carbons (Fsp3) is 0.217. The van der Waals surface area contributed by atoms with Crippen molar-refractivity contribution in [3.63, 3.8) is 0 Å². The van der Waals surface area contributed by atoms with Crippen molar-refractivity contribution in [3.05, 3.63) is 83.8 Å². The van der Waals surface area contributed by atoms with Crippen LogP contribution in [0.5, 0.6) is 11.5 Å². The molecule has 2 aliphatic rings. The van der Waals surface area contributed by atoms with Crippen molar-refractivity contribution in [2.45, 2.75) is 24.1 Å². The number of benzene rings is 2. The molecule has 3 aromatic rings. The van der Waals surface area contributed by atoms with E-state index in [-0.39, 0.29) is 12.3 Å². The van der Waals surface area contributed by atoms with E-state index in [9.17, 15) is 0 Å². The Morgan fingerprint density at radius 1 is 1.10 bits per heavy atom. The third-order valence-electron chi connectivity index (χ3n) is 5.17. The molecule has 5 nitrogen and oxygen atoms in total. The first-order chi connectivity index (χ1) is 14.3. The van der Waals surface area contributed by atoms with Crippen molar-refractivity contribution in [2.24, 2.45) is 0 Å². The molecule has 0 saturated carbocycles. The van der Waals surface area contributed by atoms with Crippen LogP contribution in [-0.4, -0.2) is 17.9 Å². The maximum Gasteiger partial charge on any atom is 0.196 e. The van der Waals surface area contributed by atoms with Crippen LogP contribution in [0.1, 0.15) is 36.1 Å². The minimum Gasteiger partial charge on any atom is -0.490 e. The number of hydrogen-bond acceptors (Lipinski definition) is 6. The highest BCUT2D eigenvalue weighted by Gasteiger charge is 2.41. The van der Waals surface area contributed by atoms with Crippen molar-refractivity contribution in [3.8, 4) is 11.5 Å². The summed E-state index contributed by atoms with van der Waals surface area (Å²) < 4.78 is 18.0. The summed E-state index contributed by atoms with van der Waals surface area (Å²) in [6.07, 6.45) is 5.65. The Labute approximate surface area is 174 Å². The van der Waals surface area contributed by atoms with Gasteiger partial charge in [0.25, 0.3) is 0 Å². The molecular formula is C23H22N2O3S. The van der Waals surface area contributed by atoms with Crippen LogP contribution in [-0.2, 0) is 0 Å². The first-order valence-corrected chi connectivity index (χ1v) is 10.9. The van der Waals surface area contributed by atoms with Gasteiger partial charge in [0.1, 0.15) is 0 Å². The minimum absolute atomic E-state index is 0.00415. The number of ether oxygens (including phenoxy) is 2. The quantitative estimate of drug-likeness (QED) is 0.573. The van der Waals surface area contributed by atoms with Gasteiger partial charge < -0.3 is 19.3 Å². The summed E-state index contributed by atoms with van der Waals surface area (Å²) in [6, 6.07) is 18.4. The van der Waals surface area contributed by atoms with E-state index in [1.807, 2.05) is 31.2 Å². The van der Waals surface area contributed by atoms with E-state index in [1.54, 1.807) is 18.0 Å². The van der Waals surface area contributed by atoms with Gasteiger partial charge in [-0.15, -0.1) is 11.8 Å². The molecule has 0 spiro atoms. The Hall–Kier alpha value is -2.83. The van der Waals surface area contributed by atoms with Gasteiger partial charge in [0.05, 0.1) is 24.6 Å². The molecule has 1 aromatic heterocycles. The largest absolute Gasteiger partial charge is 0.490 e. The Morgan fingerprint density at radius 2 is 1.97 bits per heavy atom. The molecule has 2 aromatic carbocycles. The summed E-state index contributed by atoms with van der Waals surface area (Å²) in [5, 5.41) is 2.13. The normalized spacial score (nSPS) is 20.3. The van der Waals surface area contributed by atoms with Gasteiger partial charge in [0.15, 0.2) is 23.5 Å². The molecule has 2 aliphatic heterocycles. The van der Waals surface area contributed by atoms with Gasteiger partial charge in [-0.1, -0.05) is 24.3 Å². The van der Waals surface area contributed by atoms with Gasteiger partial charge in [-0.3, -0.25) is 0 Å². The van der Waals surface area contributed by atoms with Crippen LogP contribution in [0.25, 0.3) is 5.70 Å². The number of furan rings is 1. The standard InChI is InChI=1S/C23H22N2O3S/c1-3-26-21-7-4-6-17-19-14-18(20-8-5-13-27-20)24-25(19)23(28-22(17)21)15-9-11-16(29-2)12-10-15/h4-14,19,23-24H,3H2,1-2H3. The lowest BCUT2D eigenvalue weighted by atomic mass is 10.0. The summed E-state index contributed by atoms with van der Waals surface area (Å²) >= 11 is 1.73. The highest BCUT2D eigenvalue weighted by molar-refractivity contribution is 7.98. The van der Waals surface area contributed by atoms with E-state index in [2.05, 4.69) is 53.1 Å². The van der Waals surface area contributed by atoms with Crippen LogP contribution in [0.2, 0.25) is 0 Å². The molecule has 0 bridgehead atoms. The summed E-state index contributed by atoms with van der Waals surface area (Å²) in [7, 11) is 0. The average molecular weight is 407 g/mol. The van der Waals surface area contributed by atoms with Crippen LogP contribution < -0.4 is 14.9 Å². The molecule has 0 aliphatic carbocycles. The molecule has 6 heteroatoms. The van der Waals surface area contributed by atoms with E-state index in [0.717, 1.165) is 34.1 Å². The Balaban J connectivity index is 1.59. The number of nitrogens with zero attached hydrogens (tertiary/aromatic N) is 1. The summed E-state index contributed by atoms with van der Waals surface area (Å²) in [5.74, 6) is 2.38. The van der Waals surface area contributed by atoms with E-state index in [4.69, 9.17) is 13.9 Å². The molecule has 2 atom stereocenters. The number of fused-ring (bicyclic) bond motifs is 3. The monoisotopic (exact) mass is 406 g/mol. The second-order valence-electron chi connectivity index (χ2n) is 6.87. The molecular weight excluding hydrogens is 384 g/mol. The lowest BCUT2D eigenvalue weighted by molar-refractivity contribution is -0.0347. The molecule has 5 rings (SSSR count). The average Bonchev–Trinajstić information content (AvgIpc) is 3.44. The summed E-state index contributed by atoms with van der Waals surface area (Å²) in [5.41, 5.74) is 6.58. The summed E-state index contributed by atoms with van der Waals surface area (Å²) in [6.45, 7) is 2.58. The highest BCUT2D eigenvalue weighted by Crippen LogP contribution is 2.49. The Kier molecular flexibility index (Phi) is 4.73. The van der Waals surface area contributed by atoms with Crippen LogP contribution in [0.3, 0.4) is 0 Å². The molecule has 0 saturated heterocycles. The Bertz CT molecular complexity index is 1030. The molecule has 0 amide bonds. The molecule has 1 N–H and O–H groups in total. The van der Waals surface area contributed by atoms with Crippen LogP contribution in [0.4, 0.5) is 0 Å². The number of thioether (sulfide) groups is 1. The third kappa shape index (κ3) is 3.18. The smallest absolute Gasteiger partial charge is 0.196 e. The number of hydrazine groups is 1. The molecule has 29 heavy (non-hydrogen) atoms. The molecule has 3 heterocycles. The lowest BCUT2D eigenvalue weighted by Crippen LogP contribution is -2.43. The number of hydrogen-bond donors (Lipinski definition) is 1. The zero-order valence-electron chi connectivity index (χ0n) is 16.3. The van der Waals surface area contributed by atoms with Crippen molar-refractivity contribution >= 4 is 17.5 Å². The van der Waals surface area contributed by atoms with Crippen molar-refractivity contribution in [1.82, 2.24) is 10.4 Å². The maximum atomic E-state index is 6.52. The van der Waals surface area contributed by atoms with Crippen molar-refractivity contribution in [1.29, 1.82) is 0 Å². The number of nitrogens with one attached hydrogen (secondary N) is 1. The predicted molar refractivity (Wildman–Crippen MR) is 114 cm³/mol. The molecule has 148 valence electrons. The first-order valence-electron chi connectivity index (χ1n) is 9.65. The summed E-state index contributed by atoms with van der Waals surface area (Å²) in [4.78, 5) is 1.22. The van der Waals surface area contributed by atoms with Crippen molar-refractivity contribution < 1.29 is 13.9 Å². The first kappa shape index (κ1) is 18.2. The van der Waals surface area contributed by atoms with Gasteiger partial charge in [0.2, 0.25) is 0 Å². The zero-order valence-corrected chi connectivity index (χ0v) is 17.1. The number of para-hydroxylation sites is 1. The fourth-order valence-corrected chi connectivity index (χ4v) is 4.23. The molecule has 2 unspecified atom stereocenters. The number of rotatable bonds is 5. The minimum atomic E-state index is -0.297. The second-order valence-corrected chi connectivity index (χ2v) is 7.75. The van der Waals surface area contributed by atoms with E-state index in [1.165, 1.54) is 4.90 Å². The van der Waals surface area contributed by atoms with Gasteiger partial charge in [0, 0.05) is 16.0 Å². The SMILES string of the molecule is CCOc1cccc2c1OC(c1ccc(SC)cc1)N1NC(c3ccco3)=CC21. The third-order valence-corrected chi connectivity index (χ3v) is 5.91. The van der Waals surface area contributed by atoms with Gasteiger partial charge in [-0.2, -0.15) is 5.01 Å². The van der Waals surface area contributed by atoms with Crippen LogP contribution in [0.15, 0.2) is 76.2 Å². The van der Waals surface area contributed by atoms with Gasteiger partial charge in [-0.05, 0) is 49.6 Å². The second kappa shape index (κ2) is 7.54. The van der Waals surface area contributed by atoms with Gasteiger partial charge >= 0.3 is 0 Å². The van der Waals surface area contributed by atoms with Crippen LogP contribution >= 0.6 is 11.8 Å². The zero-order chi connectivity index (χ0) is 19.8. The Morgan fingerprint density at radius 3 is 2.69 bits per heavy atom. The highest BCUT2D eigenvalue weighted by atomic mass is 32.2. The molecule has 0 radical (unpaired) electrons. The molecule has 0 fully saturated rings. The topological polar surface area (TPSA) is 46.9 Å². The van der Waals surface area contributed by atoms with Gasteiger partial charge in [-0.25, -0.2) is 0 Å². The van der Waals surface area contributed by atoms with Crippen LogP contribution in [0, 0.1) is 0 Å². The van der Waals surface area contributed by atoms with E-state index in [0.29, 0.717) is 6.61 Å². The lowest BCUT2D eigenvalue weighted by Gasteiger charge is -2.39. The predicted octanol–water partition coefficient (Wildman–Crippen LogP) is 5.39. The van der Waals surface area contributed by atoms with Crippen molar-refractivity contribution in [2.75, 3.05) is 12.9 Å². The fourth-order valence-electron chi connectivity index (χ4n) is 3.82. The van der Waals surface area contributed by atoms with E-state index >= 15 is 0 Å². The van der Waals surface area contributed by atoms with E-state index < -0.39 is 0 Å².